The van der Waals surface area contributed by atoms with E-state index in [0.29, 0.717) is 31.5 Å². The second-order valence-corrected chi connectivity index (χ2v) is 7.77. The molecule has 0 radical (unpaired) electrons. The summed E-state index contributed by atoms with van der Waals surface area (Å²) < 4.78 is 7.30. The number of aliphatic imine (C=N–C) groups is 1. The number of oxazole rings is 1. The molecule has 4 aromatic rings. The summed E-state index contributed by atoms with van der Waals surface area (Å²) in [6.45, 7) is 3.73. The van der Waals surface area contributed by atoms with Crippen molar-refractivity contribution < 1.29 is 4.42 Å². The van der Waals surface area contributed by atoms with Crippen molar-refractivity contribution in [3.63, 3.8) is 0 Å². The Morgan fingerprint density at radius 3 is 2.42 bits per heavy atom. The lowest BCUT2D eigenvalue weighted by molar-refractivity contribution is 0.572. The Labute approximate surface area is 192 Å². The summed E-state index contributed by atoms with van der Waals surface area (Å²) >= 11 is 0. The van der Waals surface area contributed by atoms with Crippen molar-refractivity contribution >= 4 is 5.96 Å². The van der Waals surface area contributed by atoms with Crippen molar-refractivity contribution in [2.24, 2.45) is 4.99 Å². The summed E-state index contributed by atoms with van der Waals surface area (Å²) in [7, 11) is 1.73. The Morgan fingerprint density at radius 1 is 0.970 bits per heavy atom. The molecular formula is C26H27N5O2. The van der Waals surface area contributed by atoms with Crippen LogP contribution in [0, 0.1) is 6.92 Å². The van der Waals surface area contributed by atoms with E-state index >= 15 is 0 Å². The van der Waals surface area contributed by atoms with Gasteiger partial charge in [0.2, 0.25) is 5.89 Å². The molecule has 0 aliphatic carbocycles. The van der Waals surface area contributed by atoms with Crippen molar-refractivity contribution in [3.8, 4) is 11.5 Å². The highest BCUT2D eigenvalue weighted by Crippen LogP contribution is 2.19. The van der Waals surface area contributed by atoms with Crippen molar-refractivity contribution in [3.05, 3.63) is 112 Å². The van der Waals surface area contributed by atoms with Gasteiger partial charge >= 0.3 is 0 Å². The van der Waals surface area contributed by atoms with Crippen LogP contribution >= 0.6 is 0 Å². The number of guanidine groups is 1. The summed E-state index contributed by atoms with van der Waals surface area (Å²) in [6.07, 6.45) is 3.46. The quantitative estimate of drug-likeness (QED) is 0.337. The van der Waals surface area contributed by atoms with Gasteiger partial charge in [-0.3, -0.25) is 9.79 Å². The van der Waals surface area contributed by atoms with Crippen molar-refractivity contribution in [2.45, 2.75) is 26.6 Å². The molecule has 0 aliphatic heterocycles. The molecule has 0 spiro atoms. The van der Waals surface area contributed by atoms with E-state index in [1.165, 1.54) is 5.56 Å². The molecule has 7 heteroatoms. The third kappa shape index (κ3) is 5.98. The lowest BCUT2D eigenvalue weighted by Crippen LogP contribution is -2.36. The standard InChI is InChI=1S/C26H27N5O2/c1-19-6-12-22(13-7-19)25-30-23(18-33-25)16-29-26(27-2)28-15-20-8-10-21(11-9-20)17-31-14-4-3-5-24(31)32/h3-14,18H,15-17H2,1-2H3,(H2,27,28,29). The van der Waals surface area contributed by atoms with E-state index in [-0.39, 0.29) is 5.56 Å². The Bertz CT molecular complexity index is 1270. The first kappa shape index (κ1) is 22.1. The van der Waals surface area contributed by atoms with Gasteiger partial charge in [-0.15, -0.1) is 0 Å². The van der Waals surface area contributed by atoms with Crippen LogP contribution in [0.3, 0.4) is 0 Å². The van der Waals surface area contributed by atoms with E-state index in [1.807, 2.05) is 42.5 Å². The average Bonchev–Trinajstić information content (AvgIpc) is 3.31. The van der Waals surface area contributed by atoms with Crippen LogP contribution in [-0.2, 0) is 19.6 Å². The third-order valence-electron chi connectivity index (χ3n) is 5.25. The van der Waals surface area contributed by atoms with Gasteiger partial charge in [0.1, 0.15) is 6.26 Å². The largest absolute Gasteiger partial charge is 0.444 e. The first-order chi connectivity index (χ1) is 16.1. The van der Waals surface area contributed by atoms with Gasteiger partial charge in [0, 0.05) is 31.4 Å². The number of hydrogen-bond acceptors (Lipinski definition) is 4. The minimum atomic E-state index is -0.00350. The second kappa shape index (κ2) is 10.5. The molecule has 7 nitrogen and oxygen atoms in total. The SMILES string of the molecule is CN=C(NCc1ccc(Cn2ccccc2=O)cc1)NCc1coc(-c2ccc(C)cc2)n1. The van der Waals surface area contributed by atoms with E-state index in [2.05, 4.69) is 39.7 Å². The Balaban J connectivity index is 1.28. The first-order valence-electron chi connectivity index (χ1n) is 10.8. The third-order valence-corrected chi connectivity index (χ3v) is 5.25. The van der Waals surface area contributed by atoms with E-state index in [9.17, 15) is 4.79 Å². The summed E-state index contributed by atoms with van der Waals surface area (Å²) in [5, 5.41) is 6.56. The highest BCUT2D eigenvalue weighted by molar-refractivity contribution is 5.79. The van der Waals surface area contributed by atoms with Crippen LogP contribution in [-0.4, -0.2) is 22.6 Å². The molecule has 0 aliphatic rings. The Morgan fingerprint density at radius 2 is 1.70 bits per heavy atom. The van der Waals surface area contributed by atoms with E-state index in [1.54, 1.807) is 36.2 Å². The molecule has 0 atom stereocenters. The highest BCUT2D eigenvalue weighted by atomic mass is 16.3. The van der Waals surface area contributed by atoms with Crippen LogP contribution in [0.1, 0.15) is 22.4 Å². The van der Waals surface area contributed by atoms with Crippen molar-refractivity contribution in [1.82, 2.24) is 20.2 Å². The average molecular weight is 442 g/mol. The fourth-order valence-electron chi connectivity index (χ4n) is 3.35. The van der Waals surface area contributed by atoms with Gasteiger partial charge in [-0.2, -0.15) is 0 Å². The number of nitrogens with one attached hydrogen (secondary N) is 2. The number of hydrogen-bond donors (Lipinski definition) is 2. The van der Waals surface area contributed by atoms with E-state index < -0.39 is 0 Å². The van der Waals surface area contributed by atoms with Crippen LogP contribution in [0.15, 0.2) is 93.4 Å². The molecule has 2 heterocycles. The van der Waals surface area contributed by atoms with Crippen LogP contribution in [0.25, 0.3) is 11.5 Å². The highest BCUT2D eigenvalue weighted by Gasteiger charge is 2.07. The number of aromatic nitrogens is 2. The number of benzene rings is 2. The number of nitrogens with zero attached hydrogens (tertiary/aromatic N) is 3. The zero-order chi connectivity index (χ0) is 23.0. The lowest BCUT2D eigenvalue weighted by Gasteiger charge is -2.11. The Hall–Kier alpha value is -4.13. The first-order valence-corrected chi connectivity index (χ1v) is 10.8. The zero-order valence-corrected chi connectivity index (χ0v) is 18.8. The molecule has 0 unspecified atom stereocenters. The van der Waals surface area contributed by atoms with Gasteiger partial charge in [0.15, 0.2) is 5.96 Å². The maximum absolute atomic E-state index is 11.9. The fraction of sp³-hybridized carbons (Fsp3) is 0.192. The van der Waals surface area contributed by atoms with Crippen LogP contribution < -0.4 is 16.2 Å². The van der Waals surface area contributed by atoms with Gasteiger partial charge in [-0.1, -0.05) is 48.0 Å². The van der Waals surface area contributed by atoms with E-state index in [4.69, 9.17) is 4.42 Å². The molecule has 168 valence electrons. The molecule has 0 saturated carbocycles. The van der Waals surface area contributed by atoms with Gasteiger partial charge in [-0.05, 0) is 36.2 Å². The molecular weight excluding hydrogens is 414 g/mol. The number of pyridine rings is 1. The fourth-order valence-corrected chi connectivity index (χ4v) is 3.35. The Kier molecular flexibility index (Phi) is 6.99. The monoisotopic (exact) mass is 441 g/mol. The normalized spacial score (nSPS) is 11.4. The van der Waals surface area contributed by atoms with Gasteiger partial charge in [-0.25, -0.2) is 4.98 Å². The van der Waals surface area contributed by atoms with E-state index in [0.717, 1.165) is 22.4 Å². The molecule has 0 amide bonds. The zero-order valence-electron chi connectivity index (χ0n) is 18.8. The predicted octanol–water partition coefficient (Wildman–Crippen LogP) is 3.73. The molecule has 0 saturated heterocycles. The minimum Gasteiger partial charge on any atom is -0.444 e. The maximum atomic E-state index is 11.9. The number of rotatable bonds is 7. The molecule has 4 rings (SSSR count). The molecule has 2 aromatic carbocycles. The van der Waals surface area contributed by atoms with Gasteiger partial charge < -0.3 is 19.6 Å². The van der Waals surface area contributed by atoms with Crippen LogP contribution in [0.4, 0.5) is 0 Å². The number of aryl methyl sites for hydroxylation is 1. The molecule has 0 fully saturated rings. The van der Waals surface area contributed by atoms with Crippen molar-refractivity contribution in [2.75, 3.05) is 7.05 Å². The topological polar surface area (TPSA) is 84.5 Å². The van der Waals surface area contributed by atoms with Gasteiger partial charge in [0.05, 0.1) is 18.8 Å². The predicted molar refractivity (Wildman–Crippen MR) is 130 cm³/mol. The van der Waals surface area contributed by atoms with Crippen molar-refractivity contribution in [1.29, 1.82) is 0 Å². The van der Waals surface area contributed by atoms with Gasteiger partial charge in [0.25, 0.3) is 5.56 Å². The summed E-state index contributed by atoms with van der Waals surface area (Å²) in [5.74, 6) is 1.28. The molecule has 2 aromatic heterocycles. The molecule has 2 N–H and O–H groups in total. The van der Waals surface area contributed by atoms with Crippen LogP contribution in [0.2, 0.25) is 0 Å². The smallest absolute Gasteiger partial charge is 0.250 e. The van der Waals surface area contributed by atoms with Crippen LogP contribution in [0.5, 0.6) is 0 Å². The molecule has 0 bridgehead atoms. The second-order valence-electron chi connectivity index (χ2n) is 7.77. The molecule has 33 heavy (non-hydrogen) atoms. The summed E-state index contributed by atoms with van der Waals surface area (Å²) in [4.78, 5) is 20.7. The summed E-state index contributed by atoms with van der Waals surface area (Å²) in [6, 6.07) is 21.4. The minimum absolute atomic E-state index is 0.00350. The summed E-state index contributed by atoms with van der Waals surface area (Å²) in [5.41, 5.74) is 5.14. The lowest BCUT2D eigenvalue weighted by atomic mass is 10.1. The maximum Gasteiger partial charge on any atom is 0.250 e.